The average Bonchev–Trinajstić information content (AvgIpc) is 2.76. The number of nitrogens with one attached hydrogen (secondary N) is 1. The first-order chi connectivity index (χ1) is 10.3. The third-order valence-electron chi connectivity index (χ3n) is 3.20. The largest absolute Gasteiger partial charge is 0.474 e. The number of hydrogen-bond donors (Lipinski definition) is 2. The first kappa shape index (κ1) is 16.3. The van der Waals surface area contributed by atoms with Crippen LogP contribution in [-0.2, 0) is 5.60 Å². The highest BCUT2D eigenvalue weighted by molar-refractivity contribution is 5.36. The molecule has 2 aromatic rings. The van der Waals surface area contributed by atoms with Gasteiger partial charge in [-0.05, 0) is 40.7 Å². The molecule has 2 N–H and O–H groups in total. The SMILES string of the molecule is Cc1cc(C(C)(O)CNc2cncc(OC(C)C)n2)c(C)o1. The third kappa shape index (κ3) is 3.98. The van der Waals surface area contributed by atoms with Crippen molar-refractivity contribution in [1.82, 2.24) is 9.97 Å². The molecule has 0 aliphatic rings. The molecule has 6 nitrogen and oxygen atoms in total. The van der Waals surface area contributed by atoms with E-state index in [9.17, 15) is 5.11 Å². The second-order valence-corrected chi connectivity index (χ2v) is 5.86. The van der Waals surface area contributed by atoms with Crippen molar-refractivity contribution in [3.05, 3.63) is 35.5 Å². The van der Waals surface area contributed by atoms with Gasteiger partial charge in [0, 0.05) is 12.1 Å². The summed E-state index contributed by atoms with van der Waals surface area (Å²) in [5.41, 5.74) is -0.307. The van der Waals surface area contributed by atoms with Gasteiger partial charge in [-0.25, -0.2) is 0 Å². The van der Waals surface area contributed by atoms with Gasteiger partial charge in [0.1, 0.15) is 22.9 Å². The Hall–Kier alpha value is -2.08. The normalized spacial score (nSPS) is 14.0. The molecule has 0 aromatic carbocycles. The maximum Gasteiger partial charge on any atom is 0.234 e. The lowest BCUT2D eigenvalue weighted by Crippen LogP contribution is -2.31. The molecule has 0 saturated carbocycles. The van der Waals surface area contributed by atoms with Crippen LogP contribution >= 0.6 is 0 Å². The molecule has 120 valence electrons. The summed E-state index contributed by atoms with van der Waals surface area (Å²) in [6.07, 6.45) is 3.19. The van der Waals surface area contributed by atoms with Crippen molar-refractivity contribution in [3.8, 4) is 5.88 Å². The fraction of sp³-hybridized carbons (Fsp3) is 0.500. The van der Waals surface area contributed by atoms with Crippen LogP contribution in [0.3, 0.4) is 0 Å². The minimum atomic E-state index is -1.07. The molecule has 1 atom stereocenters. The van der Waals surface area contributed by atoms with Crippen LogP contribution in [0.5, 0.6) is 5.88 Å². The smallest absolute Gasteiger partial charge is 0.234 e. The maximum atomic E-state index is 10.7. The fourth-order valence-electron chi connectivity index (χ4n) is 2.25. The Balaban J connectivity index is 2.07. The number of rotatable bonds is 6. The lowest BCUT2D eigenvalue weighted by molar-refractivity contribution is 0.0698. The Morgan fingerprint density at radius 2 is 2.09 bits per heavy atom. The van der Waals surface area contributed by atoms with Crippen molar-refractivity contribution in [2.75, 3.05) is 11.9 Å². The number of aliphatic hydroxyl groups is 1. The topological polar surface area (TPSA) is 80.4 Å². The van der Waals surface area contributed by atoms with Gasteiger partial charge in [0.2, 0.25) is 5.88 Å². The van der Waals surface area contributed by atoms with Gasteiger partial charge >= 0.3 is 0 Å². The molecule has 2 heterocycles. The van der Waals surface area contributed by atoms with Crippen LogP contribution in [0.1, 0.15) is 37.9 Å². The van der Waals surface area contributed by atoms with E-state index in [1.54, 1.807) is 19.3 Å². The molecule has 0 radical (unpaired) electrons. The summed E-state index contributed by atoms with van der Waals surface area (Å²) >= 11 is 0. The van der Waals surface area contributed by atoms with E-state index >= 15 is 0 Å². The number of furan rings is 1. The Bertz CT molecular complexity index is 635. The molecule has 0 amide bonds. The summed E-state index contributed by atoms with van der Waals surface area (Å²) in [6, 6.07) is 1.85. The van der Waals surface area contributed by atoms with Crippen LogP contribution in [0.15, 0.2) is 22.9 Å². The molecular weight excluding hydrogens is 282 g/mol. The molecule has 2 aromatic heterocycles. The van der Waals surface area contributed by atoms with Gasteiger partial charge in [0.05, 0.1) is 18.5 Å². The fourth-order valence-corrected chi connectivity index (χ4v) is 2.25. The Kier molecular flexibility index (Phi) is 4.71. The summed E-state index contributed by atoms with van der Waals surface area (Å²) in [6.45, 7) is 9.57. The van der Waals surface area contributed by atoms with Crippen LogP contribution in [0.25, 0.3) is 0 Å². The molecule has 0 saturated heterocycles. The maximum absolute atomic E-state index is 10.7. The van der Waals surface area contributed by atoms with Crippen molar-refractivity contribution in [3.63, 3.8) is 0 Å². The summed E-state index contributed by atoms with van der Waals surface area (Å²) < 4.78 is 11.0. The lowest BCUT2D eigenvalue weighted by Gasteiger charge is -2.23. The van der Waals surface area contributed by atoms with Gasteiger partial charge in [0.25, 0.3) is 0 Å². The molecule has 0 spiro atoms. The number of ether oxygens (including phenoxy) is 1. The van der Waals surface area contributed by atoms with Crippen molar-refractivity contribution in [1.29, 1.82) is 0 Å². The minimum absolute atomic E-state index is 0.0317. The lowest BCUT2D eigenvalue weighted by atomic mass is 9.96. The van der Waals surface area contributed by atoms with Gasteiger partial charge in [0.15, 0.2) is 0 Å². The van der Waals surface area contributed by atoms with E-state index in [4.69, 9.17) is 9.15 Å². The van der Waals surface area contributed by atoms with Crippen molar-refractivity contribution in [2.24, 2.45) is 0 Å². The summed E-state index contributed by atoms with van der Waals surface area (Å²) in [5.74, 6) is 2.50. The molecule has 0 aliphatic heterocycles. The predicted octanol–water partition coefficient (Wildman–Crippen LogP) is 2.79. The van der Waals surface area contributed by atoms with Crippen LogP contribution in [0.2, 0.25) is 0 Å². The van der Waals surface area contributed by atoms with E-state index in [2.05, 4.69) is 15.3 Å². The molecule has 22 heavy (non-hydrogen) atoms. The molecule has 0 fully saturated rings. The number of nitrogens with zero attached hydrogens (tertiary/aromatic N) is 2. The van der Waals surface area contributed by atoms with Gasteiger partial charge in [-0.1, -0.05) is 0 Å². The van der Waals surface area contributed by atoms with Gasteiger partial charge in [-0.3, -0.25) is 4.98 Å². The third-order valence-corrected chi connectivity index (χ3v) is 3.20. The number of aromatic nitrogens is 2. The Morgan fingerprint density at radius 3 is 2.68 bits per heavy atom. The van der Waals surface area contributed by atoms with Crippen molar-refractivity contribution < 1.29 is 14.3 Å². The van der Waals surface area contributed by atoms with E-state index in [0.717, 1.165) is 11.3 Å². The minimum Gasteiger partial charge on any atom is -0.474 e. The molecule has 6 heteroatoms. The average molecular weight is 305 g/mol. The molecule has 1 unspecified atom stereocenters. The second kappa shape index (κ2) is 6.36. The van der Waals surface area contributed by atoms with Crippen molar-refractivity contribution in [2.45, 2.75) is 46.3 Å². The zero-order chi connectivity index (χ0) is 16.3. The highest BCUT2D eigenvalue weighted by atomic mass is 16.5. The van der Waals surface area contributed by atoms with Crippen LogP contribution in [0.4, 0.5) is 5.82 Å². The van der Waals surface area contributed by atoms with Gasteiger partial charge in [-0.2, -0.15) is 4.98 Å². The summed E-state index contributed by atoms with van der Waals surface area (Å²) in [7, 11) is 0. The number of hydrogen-bond acceptors (Lipinski definition) is 6. The van der Waals surface area contributed by atoms with Crippen LogP contribution in [0, 0.1) is 13.8 Å². The highest BCUT2D eigenvalue weighted by Crippen LogP contribution is 2.27. The Morgan fingerprint density at radius 1 is 1.36 bits per heavy atom. The van der Waals surface area contributed by atoms with Gasteiger partial charge in [-0.15, -0.1) is 0 Å². The standard InChI is InChI=1S/C16H23N3O3/c1-10(2)21-15-8-17-7-14(19-15)18-9-16(5,20)13-6-11(3)22-12(13)4/h6-8,10,20H,9H2,1-5H3,(H,18,19). The summed E-state index contributed by atoms with van der Waals surface area (Å²) in [4.78, 5) is 8.39. The second-order valence-electron chi connectivity index (χ2n) is 5.86. The Labute approximate surface area is 130 Å². The van der Waals surface area contributed by atoms with E-state index < -0.39 is 5.60 Å². The van der Waals surface area contributed by atoms with E-state index in [1.165, 1.54) is 0 Å². The van der Waals surface area contributed by atoms with E-state index in [0.29, 0.717) is 17.5 Å². The highest BCUT2D eigenvalue weighted by Gasteiger charge is 2.27. The molecule has 0 bridgehead atoms. The van der Waals surface area contributed by atoms with Gasteiger partial charge < -0.3 is 19.6 Å². The molecule has 2 rings (SSSR count). The monoisotopic (exact) mass is 305 g/mol. The molecule has 0 aliphatic carbocycles. The van der Waals surface area contributed by atoms with Crippen LogP contribution < -0.4 is 10.1 Å². The van der Waals surface area contributed by atoms with E-state index in [1.807, 2.05) is 33.8 Å². The predicted molar refractivity (Wildman–Crippen MR) is 84.0 cm³/mol. The quantitative estimate of drug-likeness (QED) is 0.854. The number of anilines is 1. The summed E-state index contributed by atoms with van der Waals surface area (Å²) in [5, 5.41) is 13.7. The van der Waals surface area contributed by atoms with Crippen LogP contribution in [-0.4, -0.2) is 27.7 Å². The zero-order valence-corrected chi connectivity index (χ0v) is 13.7. The zero-order valence-electron chi connectivity index (χ0n) is 13.7. The molecular formula is C16H23N3O3. The first-order valence-corrected chi connectivity index (χ1v) is 7.30. The first-order valence-electron chi connectivity index (χ1n) is 7.30. The van der Waals surface area contributed by atoms with Crippen molar-refractivity contribution >= 4 is 5.82 Å². The number of aryl methyl sites for hydroxylation is 2. The van der Waals surface area contributed by atoms with E-state index in [-0.39, 0.29) is 12.6 Å².